The van der Waals surface area contributed by atoms with Crippen molar-refractivity contribution in [3.63, 3.8) is 0 Å². The second-order valence-corrected chi connectivity index (χ2v) is 6.50. The van der Waals surface area contributed by atoms with Gasteiger partial charge in [-0.1, -0.05) is 0 Å². The van der Waals surface area contributed by atoms with Crippen molar-refractivity contribution in [3.05, 3.63) is 30.7 Å². The summed E-state index contributed by atoms with van der Waals surface area (Å²) in [6.07, 6.45) is 5.24. The Morgan fingerprint density at radius 2 is 2.16 bits per heavy atom. The van der Waals surface area contributed by atoms with E-state index in [4.69, 9.17) is 10.8 Å². The number of H-pyrrole nitrogens is 1. The van der Waals surface area contributed by atoms with Crippen molar-refractivity contribution in [2.24, 2.45) is 0 Å². The Kier molecular flexibility index (Phi) is 3.01. The van der Waals surface area contributed by atoms with E-state index in [0.29, 0.717) is 23.6 Å². The summed E-state index contributed by atoms with van der Waals surface area (Å²) in [7, 11) is 0. The van der Waals surface area contributed by atoms with Gasteiger partial charge in [0, 0.05) is 11.6 Å². The molecule has 126 valence electrons. The molecule has 4 N–H and O–H groups in total. The van der Waals surface area contributed by atoms with Crippen molar-refractivity contribution >= 4 is 27.9 Å². The molecule has 5 rings (SSSR count). The third-order valence-electron chi connectivity index (χ3n) is 4.89. The molecule has 1 aliphatic carbocycles. The third kappa shape index (κ3) is 2.18. The number of fused-ring (bicyclic) bond motifs is 2. The van der Waals surface area contributed by atoms with Crippen LogP contribution in [0.1, 0.15) is 25.3 Å². The summed E-state index contributed by atoms with van der Waals surface area (Å²) in [4.78, 5) is 16.2. The lowest BCUT2D eigenvalue weighted by atomic mass is 10.2. The third-order valence-corrected chi connectivity index (χ3v) is 4.89. The molecular weight excluding hydrogens is 318 g/mol. The van der Waals surface area contributed by atoms with E-state index in [-0.39, 0.29) is 12.1 Å². The summed E-state index contributed by atoms with van der Waals surface area (Å²) in [5.74, 6) is 0.399. The van der Waals surface area contributed by atoms with Crippen LogP contribution in [0, 0.1) is 0 Å². The van der Waals surface area contributed by atoms with Crippen molar-refractivity contribution in [1.82, 2.24) is 29.7 Å². The smallest absolute Gasteiger partial charge is 0.164 e. The predicted molar refractivity (Wildman–Crippen MR) is 93.7 cm³/mol. The van der Waals surface area contributed by atoms with Crippen molar-refractivity contribution in [2.45, 2.75) is 31.4 Å². The first-order valence-electron chi connectivity index (χ1n) is 8.31. The van der Waals surface area contributed by atoms with Gasteiger partial charge in [-0.15, -0.1) is 0 Å². The molecule has 0 spiro atoms. The zero-order valence-corrected chi connectivity index (χ0v) is 13.4. The minimum absolute atomic E-state index is 0.114. The lowest BCUT2D eigenvalue weighted by Gasteiger charge is -2.10. The van der Waals surface area contributed by atoms with E-state index in [9.17, 15) is 5.11 Å². The van der Waals surface area contributed by atoms with E-state index in [1.54, 1.807) is 6.20 Å². The normalized spacial score (nSPS) is 20.7. The highest BCUT2D eigenvalue weighted by Crippen LogP contribution is 2.36. The van der Waals surface area contributed by atoms with Crippen LogP contribution in [0.2, 0.25) is 0 Å². The minimum Gasteiger partial charge on any atom is -0.393 e. The van der Waals surface area contributed by atoms with Gasteiger partial charge in [-0.3, -0.25) is 0 Å². The molecule has 0 aliphatic heterocycles. The van der Waals surface area contributed by atoms with Gasteiger partial charge >= 0.3 is 0 Å². The number of aromatic amines is 1. The zero-order valence-electron chi connectivity index (χ0n) is 13.4. The summed E-state index contributed by atoms with van der Waals surface area (Å²) < 4.78 is 1.89. The highest BCUT2D eigenvalue weighted by atomic mass is 16.3. The summed E-state index contributed by atoms with van der Waals surface area (Å²) in [5, 5.41) is 16.4. The van der Waals surface area contributed by atoms with Gasteiger partial charge in [0.25, 0.3) is 0 Å². The molecule has 8 heteroatoms. The standard InChI is InChI=1S/C17H17N7O/c18-15-13-14(12-6-9-2-1-5-19-16(9)22-12)23-24(17(13)21-8-20-15)10-3-4-11(25)7-10/h1-2,5-6,8,10-11,25H,3-4,7H2,(H,19,22)(H2,18,20,21). The molecular formula is C17H17N7O. The molecule has 1 saturated carbocycles. The Bertz CT molecular complexity index is 1050. The number of nitrogens with zero attached hydrogens (tertiary/aromatic N) is 5. The molecule has 25 heavy (non-hydrogen) atoms. The van der Waals surface area contributed by atoms with Crippen LogP contribution in [0.4, 0.5) is 5.82 Å². The second kappa shape index (κ2) is 5.25. The van der Waals surface area contributed by atoms with Crippen molar-refractivity contribution in [3.8, 4) is 11.4 Å². The van der Waals surface area contributed by atoms with E-state index in [2.05, 4.69) is 19.9 Å². The molecule has 0 radical (unpaired) electrons. The quantitative estimate of drug-likeness (QED) is 0.516. The molecule has 1 fully saturated rings. The number of aliphatic hydroxyl groups is 1. The number of anilines is 1. The molecule has 0 aromatic carbocycles. The number of nitrogens with one attached hydrogen (secondary N) is 1. The number of hydrogen-bond acceptors (Lipinski definition) is 6. The fourth-order valence-corrected chi connectivity index (χ4v) is 3.68. The van der Waals surface area contributed by atoms with Crippen LogP contribution in [-0.4, -0.2) is 40.9 Å². The number of rotatable bonds is 2. The van der Waals surface area contributed by atoms with Gasteiger partial charge in [-0.25, -0.2) is 19.6 Å². The van der Waals surface area contributed by atoms with E-state index >= 15 is 0 Å². The Morgan fingerprint density at radius 3 is 2.96 bits per heavy atom. The van der Waals surface area contributed by atoms with Gasteiger partial charge in [0.1, 0.15) is 23.5 Å². The van der Waals surface area contributed by atoms with Gasteiger partial charge in [0.15, 0.2) is 5.65 Å². The molecule has 2 atom stereocenters. The highest BCUT2D eigenvalue weighted by molar-refractivity contribution is 5.99. The zero-order chi connectivity index (χ0) is 17.0. The highest BCUT2D eigenvalue weighted by Gasteiger charge is 2.29. The van der Waals surface area contributed by atoms with Gasteiger partial charge in [0.05, 0.1) is 23.2 Å². The number of aromatic nitrogens is 6. The minimum atomic E-state index is -0.288. The monoisotopic (exact) mass is 335 g/mol. The average Bonchev–Trinajstić information content (AvgIpc) is 3.30. The van der Waals surface area contributed by atoms with Gasteiger partial charge in [-0.05, 0) is 37.5 Å². The lowest BCUT2D eigenvalue weighted by Crippen LogP contribution is -2.09. The number of aliphatic hydroxyl groups excluding tert-OH is 1. The van der Waals surface area contributed by atoms with Crippen molar-refractivity contribution in [1.29, 1.82) is 0 Å². The van der Waals surface area contributed by atoms with Crippen LogP contribution in [0.25, 0.3) is 33.5 Å². The molecule has 4 heterocycles. The Labute approximate surface area is 142 Å². The number of nitrogen functional groups attached to an aromatic ring is 1. The van der Waals surface area contributed by atoms with E-state index < -0.39 is 0 Å². The van der Waals surface area contributed by atoms with Crippen molar-refractivity contribution < 1.29 is 5.11 Å². The first kappa shape index (κ1) is 14.4. The summed E-state index contributed by atoms with van der Waals surface area (Å²) >= 11 is 0. The van der Waals surface area contributed by atoms with Crippen LogP contribution in [0.3, 0.4) is 0 Å². The van der Waals surface area contributed by atoms with Crippen LogP contribution in [0.15, 0.2) is 30.7 Å². The van der Waals surface area contributed by atoms with Crippen LogP contribution >= 0.6 is 0 Å². The molecule has 1 aliphatic rings. The summed E-state index contributed by atoms with van der Waals surface area (Å²) in [5.41, 5.74) is 9.19. The maximum atomic E-state index is 9.89. The van der Waals surface area contributed by atoms with E-state index in [1.165, 1.54) is 6.33 Å². The average molecular weight is 335 g/mol. The number of hydrogen-bond donors (Lipinski definition) is 3. The molecule has 0 amide bonds. The van der Waals surface area contributed by atoms with Gasteiger partial charge in [0.2, 0.25) is 0 Å². The fraction of sp³-hybridized carbons (Fsp3) is 0.294. The maximum absolute atomic E-state index is 9.89. The number of pyridine rings is 1. The van der Waals surface area contributed by atoms with Crippen LogP contribution in [0.5, 0.6) is 0 Å². The topological polar surface area (TPSA) is 119 Å². The molecule has 8 nitrogen and oxygen atoms in total. The molecule has 2 unspecified atom stereocenters. The Balaban J connectivity index is 1.75. The van der Waals surface area contributed by atoms with Crippen LogP contribution < -0.4 is 5.73 Å². The largest absolute Gasteiger partial charge is 0.393 e. The van der Waals surface area contributed by atoms with E-state index in [0.717, 1.165) is 35.0 Å². The summed E-state index contributed by atoms with van der Waals surface area (Å²) in [6, 6.07) is 6.01. The SMILES string of the molecule is Nc1ncnc2c1c(-c1cc3cccnc3[nH]1)nn2C1CCC(O)C1. The summed E-state index contributed by atoms with van der Waals surface area (Å²) in [6.45, 7) is 0. The first-order valence-corrected chi connectivity index (χ1v) is 8.31. The molecule has 0 saturated heterocycles. The maximum Gasteiger partial charge on any atom is 0.164 e. The fourth-order valence-electron chi connectivity index (χ4n) is 3.68. The second-order valence-electron chi connectivity index (χ2n) is 6.50. The van der Waals surface area contributed by atoms with Crippen molar-refractivity contribution in [2.75, 3.05) is 5.73 Å². The van der Waals surface area contributed by atoms with Crippen LogP contribution in [-0.2, 0) is 0 Å². The van der Waals surface area contributed by atoms with E-state index in [1.807, 2.05) is 22.9 Å². The Hall–Kier alpha value is -3.00. The van der Waals surface area contributed by atoms with Gasteiger partial charge < -0.3 is 15.8 Å². The molecule has 0 bridgehead atoms. The number of nitrogens with two attached hydrogens (primary N) is 1. The lowest BCUT2D eigenvalue weighted by molar-refractivity contribution is 0.177. The molecule has 4 aromatic rings. The first-order chi connectivity index (χ1) is 12.2. The predicted octanol–water partition coefficient (Wildman–Crippen LogP) is 2.04. The van der Waals surface area contributed by atoms with Gasteiger partial charge in [-0.2, -0.15) is 5.10 Å². The Morgan fingerprint density at radius 1 is 1.24 bits per heavy atom. The molecule has 4 aromatic heterocycles.